The minimum Gasteiger partial charge on any atom is -0.475 e. The van der Waals surface area contributed by atoms with E-state index in [1.165, 1.54) is 5.56 Å². The number of halogens is 4. The first-order valence-corrected chi connectivity index (χ1v) is 12.8. The van der Waals surface area contributed by atoms with Crippen molar-refractivity contribution in [3.8, 4) is 6.07 Å². The number of anilines is 1. The van der Waals surface area contributed by atoms with Gasteiger partial charge in [-0.2, -0.15) is 18.4 Å². The minimum absolute atomic E-state index is 0.124. The summed E-state index contributed by atoms with van der Waals surface area (Å²) in [6.07, 6.45) is -3.99. The van der Waals surface area contributed by atoms with Crippen molar-refractivity contribution in [1.29, 1.82) is 5.26 Å². The number of rotatable bonds is 6. The number of hydrogen-bond donors (Lipinski definition) is 2. The van der Waals surface area contributed by atoms with Gasteiger partial charge in [0.25, 0.3) is 5.91 Å². The average molecular weight is 573 g/mol. The molecule has 0 unspecified atom stereocenters. The van der Waals surface area contributed by atoms with Gasteiger partial charge in [-0.25, -0.2) is 4.79 Å². The molecule has 0 saturated carbocycles. The van der Waals surface area contributed by atoms with Crippen LogP contribution in [-0.2, 0) is 17.9 Å². The van der Waals surface area contributed by atoms with Crippen molar-refractivity contribution >= 4 is 29.2 Å². The SMILES string of the molecule is N#Cc1cccc(CN2CCCN(Cc3cccc(C(=O)Nc4ccc(Cl)cc4)c3)CC2)c1.O=C(O)C(F)(F)F. The molecule has 0 aliphatic carbocycles. The number of carbonyl (C=O) groups excluding carboxylic acids is 1. The highest BCUT2D eigenvalue weighted by Crippen LogP contribution is 2.17. The Morgan fingerprint density at radius 3 is 2.00 bits per heavy atom. The monoisotopic (exact) mass is 572 g/mol. The van der Waals surface area contributed by atoms with Gasteiger partial charge in [-0.1, -0.05) is 35.9 Å². The first-order chi connectivity index (χ1) is 19.0. The second-order valence-corrected chi connectivity index (χ2v) is 9.62. The van der Waals surface area contributed by atoms with E-state index >= 15 is 0 Å². The predicted octanol–water partition coefficient (Wildman–Crippen LogP) is 5.81. The number of nitrogens with zero attached hydrogens (tertiary/aromatic N) is 3. The van der Waals surface area contributed by atoms with Crippen molar-refractivity contribution in [2.45, 2.75) is 25.7 Å². The molecule has 1 amide bonds. The lowest BCUT2D eigenvalue weighted by Gasteiger charge is -2.22. The summed E-state index contributed by atoms with van der Waals surface area (Å²) >= 11 is 5.92. The van der Waals surface area contributed by atoms with E-state index in [9.17, 15) is 18.0 Å². The predicted molar refractivity (Wildman–Crippen MR) is 146 cm³/mol. The van der Waals surface area contributed by atoms with Crippen LogP contribution in [0.5, 0.6) is 0 Å². The third-order valence-electron chi connectivity index (χ3n) is 6.08. The van der Waals surface area contributed by atoms with Gasteiger partial charge in [-0.15, -0.1) is 0 Å². The molecule has 7 nitrogen and oxygen atoms in total. The van der Waals surface area contributed by atoms with Gasteiger partial charge in [-0.05, 0) is 79.2 Å². The molecule has 1 heterocycles. The summed E-state index contributed by atoms with van der Waals surface area (Å²) in [7, 11) is 0. The van der Waals surface area contributed by atoms with E-state index in [0.717, 1.165) is 56.9 Å². The molecule has 1 aliphatic heterocycles. The van der Waals surface area contributed by atoms with Gasteiger partial charge in [0.15, 0.2) is 0 Å². The number of benzene rings is 3. The lowest BCUT2D eigenvalue weighted by atomic mass is 10.1. The highest BCUT2D eigenvalue weighted by Gasteiger charge is 2.38. The summed E-state index contributed by atoms with van der Waals surface area (Å²) in [5.74, 6) is -2.88. The minimum atomic E-state index is -5.08. The Hall–Kier alpha value is -3.91. The van der Waals surface area contributed by atoms with E-state index in [-0.39, 0.29) is 5.91 Å². The lowest BCUT2D eigenvalue weighted by molar-refractivity contribution is -0.192. The van der Waals surface area contributed by atoms with E-state index in [1.54, 1.807) is 24.3 Å². The normalized spacial score (nSPS) is 14.3. The fraction of sp³-hybridized carbons (Fsp3) is 0.276. The van der Waals surface area contributed by atoms with Gasteiger partial charge in [0.2, 0.25) is 0 Å². The molecular weight excluding hydrogens is 545 g/mol. The molecule has 0 spiro atoms. The summed E-state index contributed by atoms with van der Waals surface area (Å²) < 4.78 is 31.7. The van der Waals surface area contributed by atoms with Crippen molar-refractivity contribution < 1.29 is 27.9 Å². The number of hydrogen-bond acceptors (Lipinski definition) is 5. The first-order valence-electron chi connectivity index (χ1n) is 12.4. The van der Waals surface area contributed by atoms with Gasteiger partial charge in [0.05, 0.1) is 11.6 Å². The molecule has 1 saturated heterocycles. The van der Waals surface area contributed by atoms with Crippen LogP contribution in [0.2, 0.25) is 5.02 Å². The first kappa shape index (κ1) is 30.6. The maximum atomic E-state index is 12.7. The number of carboxylic acids is 1. The molecule has 1 fully saturated rings. The average Bonchev–Trinajstić information content (AvgIpc) is 3.14. The lowest BCUT2D eigenvalue weighted by Crippen LogP contribution is -2.30. The van der Waals surface area contributed by atoms with Gasteiger partial charge in [-0.3, -0.25) is 14.6 Å². The summed E-state index contributed by atoms with van der Waals surface area (Å²) in [6, 6.07) is 25.0. The summed E-state index contributed by atoms with van der Waals surface area (Å²) in [5, 5.41) is 19.8. The maximum absolute atomic E-state index is 12.7. The molecule has 40 heavy (non-hydrogen) atoms. The second-order valence-electron chi connectivity index (χ2n) is 9.18. The highest BCUT2D eigenvalue weighted by molar-refractivity contribution is 6.30. The molecule has 0 radical (unpaired) electrons. The number of nitrogens with one attached hydrogen (secondary N) is 1. The Kier molecular flexibility index (Phi) is 11.1. The molecule has 3 aromatic carbocycles. The van der Waals surface area contributed by atoms with E-state index < -0.39 is 12.1 Å². The molecule has 1 aliphatic rings. The van der Waals surface area contributed by atoms with E-state index in [0.29, 0.717) is 16.1 Å². The van der Waals surface area contributed by atoms with E-state index in [2.05, 4.69) is 33.3 Å². The Morgan fingerprint density at radius 1 is 0.900 bits per heavy atom. The van der Waals surface area contributed by atoms with Crippen LogP contribution in [0.15, 0.2) is 72.8 Å². The fourth-order valence-electron chi connectivity index (χ4n) is 4.14. The van der Waals surface area contributed by atoms with Crippen LogP contribution < -0.4 is 5.32 Å². The topological polar surface area (TPSA) is 96.7 Å². The molecule has 210 valence electrons. The molecule has 4 rings (SSSR count). The smallest absolute Gasteiger partial charge is 0.475 e. The number of nitriles is 1. The van der Waals surface area contributed by atoms with Crippen LogP contribution >= 0.6 is 11.6 Å². The summed E-state index contributed by atoms with van der Waals surface area (Å²) in [6.45, 7) is 5.70. The molecule has 2 N–H and O–H groups in total. The van der Waals surface area contributed by atoms with Crippen molar-refractivity contribution in [1.82, 2.24) is 9.80 Å². The number of carbonyl (C=O) groups is 2. The van der Waals surface area contributed by atoms with Gasteiger partial charge in [0.1, 0.15) is 0 Å². The molecule has 11 heteroatoms. The van der Waals surface area contributed by atoms with Crippen molar-refractivity contribution in [3.05, 3.63) is 100 Å². The summed E-state index contributed by atoms with van der Waals surface area (Å²) in [5.41, 5.74) is 4.40. The van der Waals surface area contributed by atoms with Crippen molar-refractivity contribution in [2.24, 2.45) is 0 Å². The Bertz CT molecular complexity index is 1340. The number of carboxylic acid groups (broad SMARTS) is 1. The van der Waals surface area contributed by atoms with Crippen LogP contribution in [0.1, 0.15) is 33.5 Å². The van der Waals surface area contributed by atoms with Gasteiger partial charge in [0, 0.05) is 42.5 Å². The standard InChI is InChI=1S/C27H27ClN4O.C2HF3O2/c28-25-8-10-26(11-9-25)30-27(33)24-7-2-6-23(17-24)20-32-13-3-12-31(14-15-32)19-22-5-1-4-21(16-22)18-29;3-2(4,5)1(6)7/h1-2,4-11,16-17H,3,12-15,19-20H2,(H,30,33);(H,6,7). The zero-order chi connectivity index (χ0) is 29.1. The number of alkyl halides is 3. The Labute approximate surface area is 235 Å². The molecule has 3 aromatic rings. The third-order valence-corrected chi connectivity index (χ3v) is 6.34. The maximum Gasteiger partial charge on any atom is 0.490 e. The third kappa shape index (κ3) is 10.0. The van der Waals surface area contributed by atoms with Crippen molar-refractivity contribution in [2.75, 3.05) is 31.5 Å². The second kappa shape index (κ2) is 14.5. The quantitative estimate of drug-likeness (QED) is 0.387. The Morgan fingerprint density at radius 2 is 1.45 bits per heavy atom. The molecule has 0 atom stereocenters. The van der Waals surface area contributed by atoms with Crippen LogP contribution in [0.25, 0.3) is 0 Å². The molecule has 0 aromatic heterocycles. The molecule has 0 bridgehead atoms. The van der Waals surface area contributed by atoms with E-state index in [1.807, 2.05) is 36.4 Å². The number of amides is 1. The zero-order valence-corrected chi connectivity index (χ0v) is 22.3. The van der Waals surface area contributed by atoms with Crippen LogP contribution in [0.3, 0.4) is 0 Å². The van der Waals surface area contributed by atoms with Crippen LogP contribution in [0.4, 0.5) is 18.9 Å². The largest absolute Gasteiger partial charge is 0.490 e. The van der Waals surface area contributed by atoms with Crippen LogP contribution in [0, 0.1) is 11.3 Å². The fourth-order valence-corrected chi connectivity index (χ4v) is 4.27. The Balaban J connectivity index is 0.000000559. The van der Waals surface area contributed by atoms with Crippen LogP contribution in [-0.4, -0.2) is 59.1 Å². The summed E-state index contributed by atoms with van der Waals surface area (Å²) in [4.78, 5) is 26.5. The molecular formula is C29H28ClF3N4O3. The van der Waals surface area contributed by atoms with E-state index in [4.69, 9.17) is 26.8 Å². The zero-order valence-electron chi connectivity index (χ0n) is 21.5. The number of aliphatic carboxylic acids is 1. The van der Waals surface area contributed by atoms with Crippen molar-refractivity contribution in [3.63, 3.8) is 0 Å². The highest BCUT2D eigenvalue weighted by atomic mass is 35.5. The van der Waals surface area contributed by atoms with Gasteiger partial charge >= 0.3 is 12.1 Å². The van der Waals surface area contributed by atoms with Gasteiger partial charge < -0.3 is 10.4 Å².